The van der Waals surface area contributed by atoms with E-state index in [4.69, 9.17) is 11.6 Å². The molecule has 2 amide bonds. The summed E-state index contributed by atoms with van der Waals surface area (Å²) in [6.07, 6.45) is 5.99. The summed E-state index contributed by atoms with van der Waals surface area (Å²) in [6.45, 7) is 0.0219. The molecule has 0 radical (unpaired) electrons. The molecule has 0 aromatic heterocycles. The first kappa shape index (κ1) is 17.6. The molecule has 1 aromatic rings. The first-order valence-corrected chi connectivity index (χ1v) is 8.38. The van der Waals surface area contributed by atoms with E-state index in [-0.39, 0.29) is 6.54 Å². The van der Waals surface area contributed by atoms with Crippen LogP contribution in [0.15, 0.2) is 18.2 Å². The van der Waals surface area contributed by atoms with Crippen LogP contribution >= 0.6 is 11.6 Å². The van der Waals surface area contributed by atoms with E-state index in [0.717, 1.165) is 18.4 Å². The highest BCUT2D eigenvalue weighted by molar-refractivity contribution is 6.31. The number of rotatable bonds is 5. The SMILES string of the molecule is CNC(=O)NCC(C(=O)O)c1ccc(C2CCCCC2)c(Cl)c1. The number of hydrogen-bond acceptors (Lipinski definition) is 2. The Bertz CT molecular complexity index is 571. The van der Waals surface area contributed by atoms with Crippen molar-refractivity contribution >= 4 is 23.6 Å². The molecule has 6 heteroatoms. The average Bonchev–Trinajstić information content (AvgIpc) is 2.55. The van der Waals surface area contributed by atoms with Crippen molar-refractivity contribution in [2.45, 2.75) is 43.9 Å². The molecule has 0 saturated heterocycles. The van der Waals surface area contributed by atoms with Gasteiger partial charge in [-0.25, -0.2) is 4.79 Å². The van der Waals surface area contributed by atoms with Crippen molar-refractivity contribution in [3.05, 3.63) is 34.3 Å². The standard InChI is InChI=1S/C17H23ClN2O3/c1-19-17(23)20-10-14(16(21)22)12-7-8-13(15(18)9-12)11-5-3-2-4-6-11/h7-9,11,14H,2-6,10H2,1H3,(H,21,22)(H2,19,20,23). The Morgan fingerprint density at radius 1 is 1.30 bits per heavy atom. The molecule has 23 heavy (non-hydrogen) atoms. The molecule has 1 aliphatic carbocycles. The lowest BCUT2D eigenvalue weighted by molar-refractivity contribution is -0.138. The number of carbonyl (C=O) groups is 2. The van der Waals surface area contributed by atoms with Crippen molar-refractivity contribution in [3.63, 3.8) is 0 Å². The number of amides is 2. The predicted octanol–water partition coefficient (Wildman–Crippen LogP) is 3.48. The second kappa shape index (κ2) is 8.20. The van der Waals surface area contributed by atoms with Crippen LogP contribution in [0.1, 0.15) is 55.1 Å². The molecule has 1 unspecified atom stereocenters. The molecule has 0 spiro atoms. The van der Waals surface area contributed by atoms with Gasteiger partial charge in [0, 0.05) is 18.6 Å². The van der Waals surface area contributed by atoms with Crippen LogP contribution in [-0.2, 0) is 4.79 Å². The smallest absolute Gasteiger partial charge is 0.314 e. The molecule has 5 nitrogen and oxygen atoms in total. The second-order valence-electron chi connectivity index (χ2n) is 5.97. The van der Waals surface area contributed by atoms with Gasteiger partial charge in [-0.1, -0.05) is 43.0 Å². The van der Waals surface area contributed by atoms with Gasteiger partial charge in [-0.2, -0.15) is 0 Å². The number of nitrogens with one attached hydrogen (secondary N) is 2. The zero-order valence-corrected chi connectivity index (χ0v) is 14.0. The van der Waals surface area contributed by atoms with E-state index in [9.17, 15) is 14.7 Å². The Balaban J connectivity index is 2.15. The fraction of sp³-hybridized carbons (Fsp3) is 0.529. The molecular weight excluding hydrogens is 316 g/mol. The highest BCUT2D eigenvalue weighted by Crippen LogP contribution is 2.37. The van der Waals surface area contributed by atoms with Crippen LogP contribution in [-0.4, -0.2) is 30.7 Å². The summed E-state index contributed by atoms with van der Waals surface area (Å²) < 4.78 is 0. The number of carboxylic acid groups (broad SMARTS) is 1. The van der Waals surface area contributed by atoms with Gasteiger partial charge in [0.25, 0.3) is 0 Å². The van der Waals surface area contributed by atoms with Gasteiger partial charge in [-0.05, 0) is 36.0 Å². The maximum atomic E-state index is 11.5. The molecular formula is C17H23ClN2O3. The molecule has 1 aliphatic rings. The van der Waals surface area contributed by atoms with Gasteiger partial charge in [0.15, 0.2) is 0 Å². The van der Waals surface area contributed by atoms with Crippen molar-refractivity contribution in [1.82, 2.24) is 10.6 Å². The summed E-state index contributed by atoms with van der Waals surface area (Å²) in [4.78, 5) is 22.7. The number of benzene rings is 1. The van der Waals surface area contributed by atoms with Gasteiger partial charge >= 0.3 is 12.0 Å². The number of urea groups is 1. The van der Waals surface area contributed by atoms with Crippen molar-refractivity contribution in [2.75, 3.05) is 13.6 Å². The van der Waals surface area contributed by atoms with Gasteiger partial charge in [0.2, 0.25) is 0 Å². The Labute approximate surface area is 141 Å². The van der Waals surface area contributed by atoms with Gasteiger partial charge < -0.3 is 15.7 Å². The number of carboxylic acids is 1. The lowest BCUT2D eigenvalue weighted by atomic mass is 9.83. The summed E-state index contributed by atoms with van der Waals surface area (Å²) in [7, 11) is 1.49. The van der Waals surface area contributed by atoms with E-state index in [2.05, 4.69) is 10.6 Å². The van der Waals surface area contributed by atoms with Gasteiger partial charge in [-0.3, -0.25) is 4.79 Å². The largest absolute Gasteiger partial charge is 0.481 e. The third kappa shape index (κ3) is 4.61. The molecule has 1 fully saturated rings. The highest BCUT2D eigenvalue weighted by Gasteiger charge is 2.23. The van der Waals surface area contributed by atoms with Gasteiger partial charge in [-0.15, -0.1) is 0 Å². The summed E-state index contributed by atoms with van der Waals surface area (Å²) in [5.74, 6) is -1.33. The van der Waals surface area contributed by atoms with E-state index in [1.807, 2.05) is 12.1 Å². The van der Waals surface area contributed by atoms with E-state index >= 15 is 0 Å². The fourth-order valence-electron chi connectivity index (χ4n) is 3.14. The highest BCUT2D eigenvalue weighted by atomic mass is 35.5. The van der Waals surface area contributed by atoms with Crippen LogP contribution in [0.5, 0.6) is 0 Å². The maximum absolute atomic E-state index is 11.5. The third-order valence-electron chi connectivity index (χ3n) is 4.46. The van der Waals surface area contributed by atoms with Gasteiger partial charge in [0.05, 0.1) is 5.92 Å². The summed E-state index contributed by atoms with van der Waals surface area (Å²) in [6, 6.07) is 5.10. The number of hydrogen-bond donors (Lipinski definition) is 3. The monoisotopic (exact) mass is 338 g/mol. The minimum Gasteiger partial charge on any atom is -0.481 e. The zero-order valence-electron chi connectivity index (χ0n) is 13.3. The van der Waals surface area contributed by atoms with E-state index < -0.39 is 17.9 Å². The van der Waals surface area contributed by atoms with Crippen LogP contribution in [0.3, 0.4) is 0 Å². The minimum atomic E-state index is -0.983. The van der Waals surface area contributed by atoms with E-state index in [1.54, 1.807) is 6.07 Å². The van der Waals surface area contributed by atoms with Crippen molar-refractivity contribution < 1.29 is 14.7 Å². The minimum absolute atomic E-state index is 0.0219. The zero-order chi connectivity index (χ0) is 16.8. The average molecular weight is 339 g/mol. The molecule has 3 N–H and O–H groups in total. The molecule has 0 heterocycles. The number of aliphatic carboxylic acids is 1. The normalized spacial score (nSPS) is 16.6. The Hall–Kier alpha value is -1.75. The van der Waals surface area contributed by atoms with E-state index in [1.165, 1.54) is 26.3 Å². The van der Waals surface area contributed by atoms with Crippen LogP contribution < -0.4 is 10.6 Å². The summed E-state index contributed by atoms with van der Waals surface area (Å²) in [5.41, 5.74) is 1.72. The lowest BCUT2D eigenvalue weighted by Gasteiger charge is -2.24. The Morgan fingerprint density at radius 2 is 2.00 bits per heavy atom. The summed E-state index contributed by atoms with van der Waals surface area (Å²) >= 11 is 6.41. The number of halogens is 1. The van der Waals surface area contributed by atoms with Crippen LogP contribution in [0, 0.1) is 0 Å². The van der Waals surface area contributed by atoms with Crippen molar-refractivity contribution in [1.29, 1.82) is 0 Å². The Kier molecular flexibility index (Phi) is 6.28. The van der Waals surface area contributed by atoms with E-state index in [0.29, 0.717) is 16.5 Å². The van der Waals surface area contributed by atoms with Crippen molar-refractivity contribution in [3.8, 4) is 0 Å². The molecule has 0 aliphatic heterocycles. The predicted molar refractivity (Wildman–Crippen MR) is 90.1 cm³/mol. The van der Waals surface area contributed by atoms with Crippen LogP contribution in [0.25, 0.3) is 0 Å². The quantitative estimate of drug-likeness (QED) is 0.769. The third-order valence-corrected chi connectivity index (χ3v) is 4.79. The topological polar surface area (TPSA) is 78.4 Å². The van der Waals surface area contributed by atoms with Crippen LogP contribution in [0.2, 0.25) is 5.02 Å². The fourth-order valence-corrected chi connectivity index (χ4v) is 3.48. The molecule has 1 saturated carbocycles. The molecule has 126 valence electrons. The van der Waals surface area contributed by atoms with Crippen LogP contribution in [0.4, 0.5) is 4.79 Å². The first-order valence-electron chi connectivity index (χ1n) is 8.00. The second-order valence-corrected chi connectivity index (χ2v) is 6.37. The van der Waals surface area contributed by atoms with Crippen molar-refractivity contribution in [2.24, 2.45) is 0 Å². The Morgan fingerprint density at radius 3 is 2.57 bits per heavy atom. The number of carbonyl (C=O) groups excluding carboxylic acids is 1. The molecule has 1 atom stereocenters. The molecule has 0 bridgehead atoms. The molecule has 1 aromatic carbocycles. The first-order chi connectivity index (χ1) is 11.0. The maximum Gasteiger partial charge on any atom is 0.314 e. The molecule has 2 rings (SSSR count). The summed E-state index contributed by atoms with van der Waals surface area (Å²) in [5, 5.41) is 15.0. The lowest BCUT2D eigenvalue weighted by Crippen LogP contribution is -2.37. The van der Waals surface area contributed by atoms with Gasteiger partial charge in [0.1, 0.15) is 0 Å².